The Balaban J connectivity index is 0.000000133. The predicted octanol–water partition coefficient (Wildman–Crippen LogP) is 14.2. The zero-order chi connectivity index (χ0) is 41.0. The molecular weight excluding hydrogens is 921 g/mol. The maximum absolute atomic E-state index is 4.70. The first-order valence-electron chi connectivity index (χ1n) is 20.2. The Morgan fingerprint density at radius 3 is 1.20 bits per heavy atom. The summed E-state index contributed by atoms with van der Waals surface area (Å²) in [4.78, 5) is 17.7. The van der Waals surface area contributed by atoms with Gasteiger partial charge >= 0.3 is 0 Å². The number of hydrogen-bond acceptors (Lipinski definition) is 4. The van der Waals surface area contributed by atoms with Crippen LogP contribution in [0.4, 0.5) is 0 Å². The van der Waals surface area contributed by atoms with Gasteiger partial charge < -0.3 is 9.97 Å². The number of pyridine rings is 4. The molecule has 0 amide bonds. The third-order valence-corrected chi connectivity index (χ3v) is 10.7. The van der Waals surface area contributed by atoms with Crippen molar-refractivity contribution in [1.29, 1.82) is 0 Å². The van der Waals surface area contributed by atoms with Gasteiger partial charge in [0.25, 0.3) is 0 Å². The molecule has 297 valence electrons. The van der Waals surface area contributed by atoms with E-state index in [4.69, 9.17) is 4.98 Å². The molecule has 0 fully saturated rings. The Bertz CT molecular complexity index is 3230. The molecule has 0 N–H and O–H groups in total. The van der Waals surface area contributed by atoms with E-state index in [-0.39, 0.29) is 20.1 Å². The van der Waals surface area contributed by atoms with E-state index in [1.54, 1.807) is 12.4 Å². The van der Waals surface area contributed by atoms with Crippen LogP contribution in [0.5, 0.6) is 0 Å². The van der Waals surface area contributed by atoms with Crippen LogP contribution in [0.15, 0.2) is 183 Å². The van der Waals surface area contributed by atoms with Crippen LogP contribution in [0.1, 0.15) is 22.3 Å². The number of fused-ring (bicyclic) bond motifs is 8. The molecule has 61 heavy (non-hydrogen) atoms. The van der Waals surface area contributed by atoms with Crippen molar-refractivity contribution >= 4 is 53.9 Å². The number of nitrogens with zero attached hydrogens (tertiary/aromatic N) is 4. The summed E-state index contributed by atoms with van der Waals surface area (Å²) in [6.07, 6.45) is 7.35. The van der Waals surface area contributed by atoms with Crippen molar-refractivity contribution in [1.82, 2.24) is 19.9 Å². The largest absolute Gasteiger partial charge is 0.304 e. The molecule has 0 bridgehead atoms. The molecule has 0 aliphatic heterocycles. The first-order chi connectivity index (χ1) is 29.4. The fraction of sp³-hybridized carbons (Fsp3) is 0.0714. The molecule has 0 aliphatic carbocycles. The zero-order valence-corrected chi connectivity index (χ0v) is 36.8. The zero-order valence-electron chi connectivity index (χ0n) is 34.4. The summed E-state index contributed by atoms with van der Waals surface area (Å²) in [6.45, 7) is 8.40. The molecule has 4 aromatic heterocycles. The molecule has 7 aromatic carbocycles. The third-order valence-electron chi connectivity index (χ3n) is 10.7. The molecule has 1 radical (unpaired) electrons. The number of hydrogen-bond donors (Lipinski definition) is 0. The maximum atomic E-state index is 4.70. The smallest absolute Gasteiger partial charge is 0.0886 e. The van der Waals surface area contributed by atoms with Crippen LogP contribution < -0.4 is 0 Å². The van der Waals surface area contributed by atoms with Crippen LogP contribution in [0.3, 0.4) is 0 Å². The molecule has 0 saturated heterocycles. The maximum Gasteiger partial charge on any atom is 0.0886 e. The van der Waals surface area contributed by atoms with Crippen molar-refractivity contribution in [2.75, 3.05) is 0 Å². The topological polar surface area (TPSA) is 51.6 Å². The first kappa shape index (κ1) is 40.9. The van der Waals surface area contributed by atoms with Crippen molar-refractivity contribution in [2.24, 2.45) is 0 Å². The summed E-state index contributed by atoms with van der Waals surface area (Å²) in [5.74, 6) is 0. The van der Waals surface area contributed by atoms with E-state index in [1.165, 1.54) is 65.0 Å². The minimum atomic E-state index is 0. The Kier molecular flexibility index (Phi) is 12.2. The second-order valence-electron chi connectivity index (χ2n) is 15.2. The van der Waals surface area contributed by atoms with E-state index in [2.05, 4.69) is 176 Å². The van der Waals surface area contributed by atoms with Gasteiger partial charge in [-0.2, -0.15) is 0 Å². The average molecular weight is 963 g/mol. The van der Waals surface area contributed by atoms with Gasteiger partial charge in [0.15, 0.2) is 0 Å². The van der Waals surface area contributed by atoms with Crippen LogP contribution in [-0.2, 0) is 20.1 Å². The van der Waals surface area contributed by atoms with E-state index in [1.807, 2.05) is 48.8 Å². The van der Waals surface area contributed by atoms with E-state index < -0.39 is 0 Å². The van der Waals surface area contributed by atoms with Gasteiger partial charge in [0.05, 0.1) is 11.4 Å². The molecule has 4 heterocycles. The van der Waals surface area contributed by atoms with E-state index in [9.17, 15) is 0 Å². The summed E-state index contributed by atoms with van der Waals surface area (Å²) < 4.78 is 0. The van der Waals surface area contributed by atoms with Crippen LogP contribution in [-0.4, -0.2) is 19.9 Å². The summed E-state index contributed by atoms with van der Waals surface area (Å²) in [7, 11) is 0. The molecule has 11 aromatic rings. The van der Waals surface area contributed by atoms with Crippen LogP contribution in [0.25, 0.3) is 87.8 Å². The number of benzene rings is 7. The number of aryl methyl sites for hydroxylation is 4. The molecule has 5 heteroatoms. The Labute approximate surface area is 370 Å². The molecule has 4 nitrogen and oxygen atoms in total. The minimum absolute atomic E-state index is 0. The molecule has 0 unspecified atom stereocenters. The Morgan fingerprint density at radius 1 is 0.328 bits per heavy atom. The van der Waals surface area contributed by atoms with Crippen molar-refractivity contribution in [3.05, 3.63) is 217 Å². The summed E-state index contributed by atoms with van der Waals surface area (Å²) >= 11 is 0. The normalized spacial score (nSPS) is 10.8. The summed E-state index contributed by atoms with van der Waals surface area (Å²) in [5.41, 5.74) is 10.7. The van der Waals surface area contributed by atoms with E-state index in [0.717, 1.165) is 45.0 Å². The quantitative estimate of drug-likeness (QED) is 0.131. The first-order valence-corrected chi connectivity index (χ1v) is 20.2. The molecule has 11 rings (SSSR count). The molecule has 0 saturated carbocycles. The number of aromatic nitrogens is 4. The van der Waals surface area contributed by atoms with Gasteiger partial charge in [0.2, 0.25) is 0 Å². The van der Waals surface area contributed by atoms with Crippen molar-refractivity contribution in [2.45, 2.75) is 27.7 Å². The average Bonchev–Trinajstić information content (AvgIpc) is 3.28. The SMILES string of the molecule is Cc1[c-]c(-c2nccc3c2ccc2c4ccccc4ccc32)cc(C)c1.Cc1[c-]c(-c2nccc3c2ccc2ccccc23)cc(C)c1.[Ir].c1ccc(-c2ccccn2)nc1. The van der Waals surface area contributed by atoms with Crippen molar-refractivity contribution in [3.63, 3.8) is 0 Å². The molecular formula is C56H42IrN4-2. The standard InChI is InChI=1S/C25H18N.C21H16N.C10H8N2.Ir/c1-16-13-17(2)15-19(14-16)25-24-10-9-21-20-6-4-3-5-18(20)7-8-22(21)23(24)11-12-26-25;1-14-11-15(2)13-17(12-14)21-20-8-7-16-5-3-4-6-18(16)19(20)9-10-22-21;1-3-7-11-9(5-1)10-6-2-4-8-12-10;/h3-14H,1-2H3;3-12H,1-2H3;1-8H;/q2*-1;;. The van der Waals surface area contributed by atoms with Crippen molar-refractivity contribution < 1.29 is 20.1 Å². The molecule has 0 atom stereocenters. The van der Waals surface area contributed by atoms with Gasteiger partial charge in [-0.1, -0.05) is 125 Å². The van der Waals surface area contributed by atoms with Crippen molar-refractivity contribution in [3.8, 4) is 33.9 Å². The summed E-state index contributed by atoms with van der Waals surface area (Å²) in [6, 6.07) is 61.6. The van der Waals surface area contributed by atoms with E-state index >= 15 is 0 Å². The second kappa shape index (κ2) is 18.1. The molecule has 0 spiro atoms. The summed E-state index contributed by atoms with van der Waals surface area (Å²) in [5, 5.41) is 12.5. The molecule has 0 aliphatic rings. The third kappa shape index (κ3) is 8.72. The monoisotopic (exact) mass is 963 g/mol. The van der Waals surface area contributed by atoms with Gasteiger partial charge in [-0.05, 0) is 102 Å². The second-order valence-corrected chi connectivity index (χ2v) is 15.2. The van der Waals surface area contributed by atoms with Gasteiger partial charge in [-0.3, -0.25) is 9.97 Å². The van der Waals surface area contributed by atoms with Crippen LogP contribution in [0.2, 0.25) is 0 Å². The number of rotatable bonds is 3. The fourth-order valence-electron chi connectivity index (χ4n) is 8.19. The van der Waals surface area contributed by atoms with Crippen LogP contribution >= 0.6 is 0 Å². The van der Waals surface area contributed by atoms with Gasteiger partial charge in [0, 0.05) is 44.9 Å². The van der Waals surface area contributed by atoms with E-state index in [0.29, 0.717) is 0 Å². The predicted molar refractivity (Wildman–Crippen MR) is 251 cm³/mol. The Morgan fingerprint density at radius 2 is 0.721 bits per heavy atom. The van der Waals surface area contributed by atoms with Crippen LogP contribution in [0, 0.1) is 39.8 Å². The van der Waals surface area contributed by atoms with Gasteiger partial charge in [-0.25, -0.2) is 0 Å². The fourth-order valence-corrected chi connectivity index (χ4v) is 8.19. The minimum Gasteiger partial charge on any atom is -0.304 e. The van der Waals surface area contributed by atoms with Gasteiger partial charge in [0.1, 0.15) is 0 Å². The van der Waals surface area contributed by atoms with Gasteiger partial charge in [-0.15, -0.1) is 69.8 Å². The Hall–Kier alpha value is -6.91.